The van der Waals surface area contributed by atoms with Crippen LogP contribution in [0.2, 0.25) is 0 Å². The van der Waals surface area contributed by atoms with Gasteiger partial charge in [-0.3, -0.25) is 0 Å². The van der Waals surface area contributed by atoms with E-state index in [1.165, 1.54) is 11.0 Å². The molecule has 6 heteroatoms. The third kappa shape index (κ3) is 3.00. The summed E-state index contributed by atoms with van der Waals surface area (Å²) in [6.45, 7) is 4.84. The van der Waals surface area contributed by atoms with E-state index in [1.807, 2.05) is 24.3 Å². The standard InChI is InChI=1S/C14H14N6/c1-10(2)17-8-11-3-4-13(12(5-11)6-15)20-9-18-14(7-16)19-20/h3-5,9-10,17H,8H2,1-2H3. The molecule has 0 radical (unpaired) electrons. The molecule has 0 aliphatic carbocycles. The van der Waals surface area contributed by atoms with Crippen LogP contribution >= 0.6 is 0 Å². The summed E-state index contributed by atoms with van der Waals surface area (Å²) in [6.07, 6.45) is 1.43. The number of benzene rings is 1. The molecular formula is C14H14N6. The zero-order valence-corrected chi connectivity index (χ0v) is 11.3. The highest BCUT2D eigenvalue weighted by molar-refractivity contribution is 5.50. The average Bonchev–Trinajstić information content (AvgIpc) is 2.93. The van der Waals surface area contributed by atoms with Gasteiger partial charge in [-0.2, -0.15) is 10.5 Å². The summed E-state index contributed by atoms with van der Waals surface area (Å²) in [7, 11) is 0. The van der Waals surface area contributed by atoms with Gasteiger partial charge in [-0.25, -0.2) is 9.67 Å². The smallest absolute Gasteiger partial charge is 0.252 e. The third-order valence-electron chi connectivity index (χ3n) is 2.73. The van der Waals surface area contributed by atoms with Gasteiger partial charge >= 0.3 is 0 Å². The van der Waals surface area contributed by atoms with Crippen molar-refractivity contribution in [3.05, 3.63) is 41.5 Å². The van der Waals surface area contributed by atoms with E-state index in [0.29, 0.717) is 23.8 Å². The van der Waals surface area contributed by atoms with E-state index in [1.54, 1.807) is 0 Å². The summed E-state index contributed by atoms with van der Waals surface area (Å²) in [5.74, 6) is 0.0828. The van der Waals surface area contributed by atoms with Gasteiger partial charge in [0.05, 0.1) is 11.3 Å². The molecule has 1 aromatic heterocycles. The summed E-state index contributed by atoms with van der Waals surface area (Å²) in [5.41, 5.74) is 2.15. The van der Waals surface area contributed by atoms with Crippen molar-refractivity contribution in [1.82, 2.24) is 20.1 Å². The number of hydrogen-bond acceptors (Lipinski definition) is 5. The van der Waals surface area contributed by atoms with E-state index in [-0.39, 0.29) is 5.82 Å². The van der Waals surface area contributed by atoms with Gasteiger partial charge in [0.25, 0.3) is 5.82 Å². The van der Waals surface area contributed by atoms with Crippen LogP contribution in [0.15, 0.2) is 24.5 Å². The topological polar surface area (TPSA) is 90.3 Å². The first-order valence-corrected chi connectivity index (χ1v) is 6.22. The maximum atomic E-state index is 9.25. The van der Waals surface area contributed by atoms with Crippen LogP contribution in [0.4, 0.5) is 0 Å². The molecule has 1 aromatic carbocycles. The number of rotatable bonds is 4. The van der Waals surface area contributed by atoms with Gasteiger partial charge in [-0.15, -0.1) is 5.10 Å². The van der Waals surface area contributed by atoms with Gasteiger partial charge in [-0.1, -0.05) is 19.9 Å². The molecule has 1 N–H and O–H groups in total. The van der Waals surface area contributed by atoms with Crippen molar-refractivity contribution in [1.29, 1.82) is 10.5 Å². The van der Waals surface area contributed by atoms with Crippen molar-refractivity contribution in [3.63, 3.8) is 0 Å². The predicted octanol–water partition coefficient (Wildman–Crippen LogP) is 1.51. The molecule has 1 heterocycles. The molecule has 0 aliphatic heterocycles. The van der Waals surface area contributed by atoms with E-state index in [0.717, 1.165) is 5.56 Å². The van der Waals surface area contributed by atoms with Gasteiger partial charge in [0.15, 0.2) is 0 Å². The molecule has 0 bridgehead atoms. The van der Waals surface area contributed by atoms with Gasteiger partial charge < -0.3 is 5.32 Å². The minimum Gasteiger partial charge on any atom is -0.310 e. The Morgan fingerprint density at radius 1 is 1.30 bits per heavy atom. The number of nitriles is 2. The van der Waals surface area contributed by atoms with E-state index < -0.39 is 0 Å². The largest absolute Gasteiger partial charge is 0.310 e. The molecule has 0 saturated heterocycles. The lowest BCUT2D eigenvalue weighted by Gasteiger charge is -2.10. The molecule has 100 valence electrons. The van der Waals surface area contributed by atoms with Crippen molar-refractivity contribution >= 4 is 0 Å². The van der Waals surface area contributed by atoms with Crippen LogP contribution in [0.25, 0.3) is 5.69 Å². The van der Waals surface area contributed by atoms with Crippen molar-refractivity contribution < 1.29 is 0 Å². The zero-order valence-electron chi connectivity index (χ0n) is 11.3. The van der Waals surface area contributed by atoms with Crippen molar-refractivity contribution in [2.45, 2.75) is 26.4 Å². The molecule has 20 heavy (non-hydrogen) atoms. The zero-order chi connectivity index (χ0) is 14.5. The molecule has 0 fully saturated rings. The molecule has 2 rings (SSSR count). The first-order chi connectivity index (χ1) is 9.63. The van der Waals surface area contributed by atoms with E-state index in [4.69, 9.17) is 5.26 Å². The van der Waals surface area contributed by atoms with Crippen LogP contribution < -0.4 is 5.32 Å². The molecule has 2 aromatic rings. The highest BCUT2D eigenvalue weighted by Gasteiger charge is 2.08. The van der Waals surface area contributed by atoms with Crippen LogP contribution in [0.3, 0.4) is 0 Å². The third-order valence-corrected chi connectivity index (χ3v) is 2.73. The SMILES string of the molecule is CC(C)NCc1ccc(-n2cnc(C#N)n2)c(C#N)c1. The predicted molar refractivity (Wildman–Crippen MR) is 72.8 cm³/mol. The normalized spacial score (nSPS) is 10.2. The molecular weight excluding hydrogens is 252 g/mol. The highest BCUT2D eigenvalue weighted by atomic mass is 15.3. The highest BCUT2D eigenvalue weighted by Crippen LogP contribution is 2.15. The second-order valence-corrected chi connectivity index (χ2v) is 4.62. The van der Waals surface area contributed by atoms with Crippen molar-refractivity contribution in [3.8, 4) is 17.8 Å². The number of nitrogens with one attached hydrogen (secondary N) is 1. The Bertz CT molecular complexity index is 686. The Labute approximate surface area is 117 Å². The number of nitrogens with zero attached hydrogens (tertiary/aromatic N) is 5. The Kier molecular flexibility index (Phi) is 4.09. The fourth-order valence-corrected chi connectivity index (χ4v) is 1.73. The molecule has 0 amide bonds. The Morgan fingerprint density at radius 3 is 2.70 bits per heavy atom. The van der Waals surface area contributed by atoms with Crippen molar-refractivity contribution in [2.24, 2.45) is 0 Å². The fraction of sp³-hybridized carbons (Fsp3) is 0.286. The fourth-order valence-electron chi connectivity index (χ4n) is 1.73. The van der Waals surface area contributed by atoms with Crippen LogP contribution in [0.1, 0.15) is 30.8 Å². The van der Waals surface area contributed by atoms with E-state index in [9.17, 15) is 5.26 Å². The monoisotopic (exact) mass is 266 g/mol. The lowest BCUT2D eigenvalue weighted by Crippen LogP contribution is -2.21. The summed E-state index contributed by atoms with van der Waals surface area (Å²) in [4.78, 5) is 3.84. The van der Waals surface area contributed by atoms with Gasteiger partial charge in [-0.05, 0) is 17.7 Å². The van der Waals surface area contributed by atoms with Crippen molar-refractivity contribution in [2.75, 3.05) is 0 Å². The van der Waals surface area contributed by atoms with Crippen LogP contribution in [-0.2, 0) is 6.54 Å². The Balaban J connectivity index is 2.31. The lowest BCUT2D eigenvalue weighted by molar-refractivity contribution is 0.588. The minimum absolute atomic E-state index is 0.0828. The Hall–Kier alpha value is -2.70. The maximum Gasteiger partial charge on any atom is 0.252 e. The van der Waals surface area contributed by atoms with E-state index in [2.05, 4.69) is 35.3 Å². The first-order valence-electron chi connectivity index (χ1n) is 6.22. The summed E-state index contributed by atoms with van der Waals surface area (Å²) >= 11 is 0. The minimum atomic E-state index is 0.0828. The summed E-state index contributed by atoms with van der Waals surface area (Å²) < 4.78 is 1.44. The molecule has 0 atom stereocenters. The summed E-state index contributed by atoms with van der Waals surface area (Å²) in [5, 5.41) is 25.3. The van der Waals surface area contributed by atoms with Crippen LogP contribution in [0, 0.1) is 22.7 Å². The molecule has 0 unspecified atom stereocenters. The van der Waals surface area contributed by atoms with Crippen LogP contribution in [-0.4, -0.2) is 20.8 Å². The summed E-state index contributed by atoms with van der Waals surface area (Å²) in [6, 6.07) is 9.95. The number of aromatic nitrogens is 3. The lowest BCUT2D eigenvalue weighted by atomic mass is 10.1. The molecule has 0 spiro atoms. The maximum absolute atomic E-state index is 9.25. The second kappa shape index (κ2) is 5.96. The first kappa shape index (κ1) is 13.7. The molecule has 0 aliphatic rings. The Morgan fingerprint density at radius 2 is 2.10 bits per heavy atom. The van der Waals surface area contributed by atoms with Gasteiger partial charge in [0, 0.05) is 12.6 Å². The second-order valence-electron chi connectivity index (χ2n) is 4.62. The van der Waals surface area contributed by atoms with Gasteiger partial charge in [0.2, 0.25) is 0 Å². The van der Waals surface area contributed by atoms with E-state index >= 15 is 0 Å². The van der Waals surface area contributed by atoms with Crippen LogP contribution in [0.5, 0.6) is 0 Å². The molecule has 6 nitrogen and oxygen atoms in total. The molecule has 0 saturated carbocycles. The average molecular weight is 266 g/mol. The van der Waals surface area contributed by atoms with Gasteiger partial charge in [0.1, 0.15) is 18.5 Å². The quantitative estimate of drug-likeness (QED) is 0.905. The number of hydrogen-bond donors (Lipinski definition) is 1.